The number of carbonyl (C=O) groups excluding carboxylic acids is 2. The minimum Gasteiger partial charge on any atom is -0.478 e. The second-order valence-corrected chi connectivity index (χ2v) is 5.80. The second-order valence-electron chi connectivity index (χ2n) is 5.80. The molecule has 6 nitrogen and oxygen atoms in total. The van der Waals surface area contributed by atoms with Gasteiger partial charge < -0.3 is 5.11 Å². The van der Waals surface area contributed by atoms with Crippen molar-refractivity contribution in [3.8, 4) is 0 Å². The molecular weight excluding hydrogens is 332 g/mol. The standard InChI is InChI=1S/C20H12N2O4/c23-18-15-5-1-3-13-4-2-6-16(17(13)15)19(24)22(18)21-11-12-7-9-14(10-8-12)20(25)26/h1-11H,(H,25,26)/b21-11-. The molecule has 0 aliphatic carbocycles. The van der Waals surface area contributed by atoms with Crippen LogP contribution in [0.3, 0.4) is 0 Å². The number of carboxylic acid groups (broad SMARTS) is 1. The van der Waals surface area contributed by atoms with Gasteiger partial charge in [-0.25, -0.2) is 4.79 Å². The highest BCUT2D eigenvalue weighted by Crippen LogP contribution is 2.29. The molecule has 1 aliphatic rings. The maximum Gasteiger partial charge on any atom is 0.335 e. The quantitative estimate of drug-likeness (QED) is 0.584. The molecule has 0 spiro atoms. The number of benzene rings is 3. The van der Waals surface area contributed by atoms with E-state index in [1.165, 1.54) is 18.3 Å². The summed E-state index contributed by atoms with van der Waals surface area (Å²) in [5.41, 5.74) is 1.58. The van der Waals surface area contributed by atoms with Crippen molar-refractivity contribution in [2.45, 2.75) is 0 Å². The van der Waals surface area contributed by atoms with Crippen LogP contribution in [-0.2, 0) is 0 Å². The highest BCUT2D eigenvalue weighted by atomic mass is 16.4. The van der Waals surface area contributed by atoms with Crippen LogP contribution >= 0.6 is 0 Å². The Bertz CT molecular complexity index is 1050. The molecule has 0 saturated heterocycles. The molecule has 0 bridgehead atoms. The minimum absolute atomic E-state index is 0.146. The number of rotatable bonds is 3. The van der Waals surface area contributed by atoms with E-state index in [4.69, 9.17) is 5.11 Å². The fourth-order valence-corrected chi connectivity index (χ4v) is 2.96. The van der Waals surface area contributed by atoms with Crippen LogP contribution < -0.4 is 0 Å². The van der Waals surface area contributed by atoms with Crippen molar-refractivity contribution in [1.29, 1.82) is 0 Å². The van der Waals surface area contributed by atoms with Gasteiger partial charge in [-0.3, -0.25) is 9.59 Å². The lowest BCUT2D eigenvalue weighted by Gasteiger charge is -2.22. The van der Waals surface area contributed by atoms with Gasteiger partial charge in [0.15, 0.2) is 0 Å². The maximum absolute atomic E-state index is 12.7. The van der Waals surface area contributed by atoms with Crippen molar-refractivity contribution in [2.75, 3.05) is 0 Å². The molecule has 1 aliphatic heterocycles. The molecule has 1 heterocycles. The van der Waals surface area contributed by atoms with Crippen molar-refractivity contribution in [3.05, 3.63) is 82.9 Å². The molecule has 0 saturated carbocycles. The number of nitrogens with zero attached hydrogens (tertiary/aromatic N) is 2. The fraction of sp³-hybridized carbons (Fsp3) is 0. The van der Waals surface area contributed by atoms with Gasteiger partial charge in [0.1, 0.15) is 0 Å². The minimum atomic E-state index is -1.03. The summed E-state index contributed by atoms with van der Waals surface area (Å²) in [5, 5.41) is 15.3. The van der Waals surface area contributed by atoms with E-state index < -0.39 is 17.8 Å². The first kappa shape index (κ1) is 15.7. The molecule has 0 atom stereocenters. The van der Waals surface area contributed by atoms with E-state index in [-0.39, 0.29) is 5.56 Å². The number of hydrogen-bond donors (Lipinski definition) is 1. The van der Waals surface area contributed by atoms with Crippen LogP contribution in [0.2, 0.25) is 0 Å². The zero-order chi connectivity index (χ0) is 18.3. The topological polar surface area (TPSA) is 87.0 Å². The first-order chi connectivity index (χ1) is 12.6. The van der Waals surface area contributed by atoms with Gasteiger partial charge in [-0.15, -0.1) is 0 Å². The van der Waals surface area contributed by atoms with Crippen LogP contribution in [0.1, 0.15) is 36.6 Å². The predicted molar refractivity (Wildman–Crippen MR) is 95.4 cm³/mol. The SMILES string of the molecule is O=C(O)c1ccc(/C=N\N2C(=O)c3cccc4cccc(c34)C2=O)cc1. The Morgan fingerprint density at radius 2 is 1.46 bits per heavy atom. The Labute approximate surface area is 148 Å². The lowest BCUT2D eigenvalue weighted by atomic mass is 9.95. The summed E-state index contributed by atoms with van der Waals surface area (Å²) in [4.78, 5) is 36.3. The van der Waals surface area contributed by atoms with Crippen LogP contribution in [0.25, 0.3) is 10.8 Å². The predicted octanol–water partition coefficient (Wildman–Crippen LogP) is 3.17. The van der Waals surface area contributed by atoms with Gasteiger partial charge in [-0.2, -0.15) is 10.1 Å². The number of carboxylic acids is 1. The normalized spacial score (nSPS) is 13.6. The highest BCUT2D eigenvalue weighted by Gasteiger charge is 2.32. The summed E-state index contributed by atoms with van der Waals surface area (Å²) in [6, 6.07) is 16.6. The van der Waals surface area contributed by atoms with Gasteiger partial charge in [0.05, 0.1) is 22.9 Å². The van der Waals surface area contributed by atoms with Crippen LogP contribution in [-0.4, -0.2) is 34.1 Å². The van der Waals surface area contributed by atoms with Gasteiger partial charge in [-0.1, -0.05) is 36.4 Å². The molecule has 0 unspecified atom stereocenters. The van der Waals surface area contributed by atoms with E-state index in [0.29, 0.717) is 22.1 Å². The average Bonchev–Trinajstić information content (AvgIpc) is 2.66. The highest BCUT2D eigenvalue weighted by molar-refractivity contribution is 6.25. The third-order valence-corrected chi connectivity index (χ3v) is 4.23. The Kier molecular flexibility index (Phi) is 3.58. The fourth-order valence-electron chi connectivity index (χ4n) is 2.96. The zero-order valence-corrected chi connectivity index (χ0v) is 13.4. The van der Waals surface area contributed by atoms with E-state index in [2.05, 4.69) is 5.10 Å². The van der Waals surface area contributed by atoms with Gasteiger partial charge in [0, 0.05) is 5.39 Å². The van der Waals surface area contributed by atoms with Gasteiger partial charge in [0.25, 0.3) is 11.8 Å². The molecular formula is C20H12N2O4. The van der Waals surface area contributed by atoms with Crippen LogP contribution in [0.15, 0.2) is 65.8 Å². The molecule has 126 valence electrons. The smallest absolute Gasteiger partial charge is 0.335 e. The third kappa shape index (κ3) is 2.44. The van der Waals surface area contributed by atoms with Crippen LogP contribution in [0.4, 0.5) is 0 Å². The lowest BCUT2D eigenvalue weighted by Crippen LogP contribution is -2.36. The van der Waals surface area contributed by atoms with Gasteiger partial charge >= 0.3 is 5.97 Å². The van der Waals surface area contributed by atoms with E-state index in [1.807, 2.05) is 12.1 Å². The molecule has 3 aromatic carbocycles. The van der Waals surface area contributed by atoms with Gasteiger partial charge in [-0.05, 0) is 35.2 Å². The van der Waals surface area contributed by atoms with Crippen molar-refractivity contribution >= 4 is 34.8 Å². The van der Waals surface area contributed by atoms with Crippen LogP contribution in [0, 0.1) is 0 Å². The number of hydrazone groups is 1. The molecule has 6 heteroatoms. The molecule has 1 N–H and O–H groups in total. The Morgan fingerprint density at radius 1 is 0.885 bits per heavy atom. The van der Waals surface area contributed by atoms with Gasteiger partial charge in [0.2, 0.25) is 0 Å². The van der Waals surface area contributed by atoms with Crippen molar-refractivity contribution < 1.29 is 19.5 Å². The molecule has 0 radical (unpaired) electrons. The number of amides is 2. The first-order valence-corrected chi connectivity index (χ1v) is 7.84. The number of aromatic carboxylic acids is 1. The number of imide groups is 1. The number of hydrogen-bond acceptors (Lipinski definition) is 4. The van der Waals surface area contributed by atoms with Crippen LogP contribution in [0.5, 0.6) is 0 Å². The van der Waals surface area contributed by atoms with E-state index in [1.54, 1.807) is 36.4 Å². The Hall–Kier alpha value is -3.80. The monoisotopic (exact) mass is 344 g/mol. The second kappa shape index (κ2) is 5.93. The van der Waals surface area contributed by atoms with Crippen molar-refractivity contribution in [1.82, 2.24) is 5.01 Å². The van der Waals surface area contributed by atoms with Crippen molar-refractivity contribution in [2.24, 2.45) is 5.10 Å². The molecule has 26 heavy (non-hydrogen) atoms. The van der Waals surface area contributed by atoms with E-state index in [0.717, 1.165) is 10.4 Å². The Balaban J connectivity index is 1.71. The van der Waals surface area contributed by atoms with E-state index in [9.17, 15) is 14.4 Å². The molecule has 3 aromatic rings. The Morgan fingerprint density at radius 3 is 2.00 bits per heavy atom. The molecule has 0 aromatic heterocycles. The first-order valence-electron chi connectivity index (χ1n) is 7.84. The largest absolute Gasteiger partial charge is 0.478 e. The van der Waals surface area contributed by atoms with Crippen molar-refractivity contribution in [3.63, 3.8) is 0 Å². The molecule has 4 rings (SSSR count). The summed E-state index contributed by atoms with van der Waals surface area (Å²) >= 11 is 0. The third-order valence-electron chi connectivity index (χ3n) is 4.23. The lowest BCUT2D eigenvalue weighted by molar-refractivity contribution is 0.0614. The average molecular weight is 344 g/mol. The molecule has 0 fully saturated rings. The maximum atomic E-state index is 12.7. The summed E-state index contributed by atoms with van der Waals surface area (Å²) in [6.45, 7) is 0. The van der Waals surface area contributed by atoms with E-state index >= 15 is 0 Å². The zero-order valence-electron chi connectivity index (χ0n) is 13.4. The summed E-state index contributed by atoms with van der Waals surface area (Å²) in [6.07, 6.45) is 1.36. The summed E-state index contributed by atoms with van der Waals surface area (Å²) in [7, 11) is 0. The molecule has 2 amide bonds. The summed E-state index contributed by atoms with van der Waals surface area (Å²) in [5.74, 6) is -2.00. The summed E-state index contributed by atoms with van der Waals surface area (Å²) < 4.78 is 0. The number of carbonyl (C=O) groups is 3.